The highest BCUT2D eigenvalue weighted by atomic mass is 35.5. The fourth-order valence-electron chi connectivity index (χ4n) is 2.58. The minimum absolute atomic E-state index is 0.00770. The lowest BCUT2D eigenvalue weighted by atomic mass is 10.1. The summed E-state index contributed by atoms with van der Waals surface area (Å²) in [5, 5.41) is 2.77. The summed E-state index contributed by atoms with van der Waals surface area (Å²) in [5.41, 5.74) is 1.43. The van der Waals surface area contributed by atoms with Crippen LogP contribution >= 0.6 is 11.6 Å². The van der Waals surface area contributed by atoms with Crippen LogP contribution < -0.4 is 10.0 Å². The largest absolute Gasteiger partial charge is 0.322 e. The van der Waals surface area contributed by atoms with E-state index in [1.54, 1.807) is 32.9 Å². The van der Waals surface area contributed by atoms with Gasteiger partial charge in [-0.05, 0) is 69.7 Å². The summed E-state index contributed by atoms with van der Waals surface area (Å²) >= 11 is 6.15. The molecule has 0 unspecified atom stereocenters. The fraction of sp³-hybridized carbons (Fsp3) is 0.350. The summed E-state index contributed by atoms with van der Waals surface area (Å²) < 4.78 is 52.7. The predicted molar refractivity (Wildman–Crippen MR) is 124 cm³/mol. The molecule has 0 spiro atoms. The third-order valence-electron chi connectivity index (χ3n) is 4.72. The molecule has 2 rings (SSSR count). The molecule has 0 saturated heterocycles. The number of carbonyl (C=O) groups is 1. The van der Waals surface area contributed by atoms with Crippen LogP contribution in [0.2, 0.25) is 5.02 Å². The molecular weight excluding hydrogens is 462 g/mol. The number of hydrogen-bond acceptors (Lipinski definition) is 5. The number of benzene rings is 2. The van der Waals surface area contributed by atoms with Crippen LogP contribution in [0.25, 0.3) is 0 Å². The highest BCUT2D eigenvalue weighted by molar-refractivity contribution is 7.92. The first-order valence-electron chi connectivity index (χ1n) is 9.48. The highest BCUT2D eigenvalue weighted by Crippen LogP contribution is 2.26. The number of carbonyl (C=O) groups excluding carboxylic acids is 1. The summed E-state index contributed by atoms with van der Waals surface area (Å²) in [6.07, 6.45) is 0. The number of sulfonamides is 2. The van der Waals surface area contributed by atoms with Gasteiger partial charge in [-0.2, -0.15) is 4.31 Å². The van der Waals surface area contributed by atoms with Crippen LogP contribution in [0.3, 0.4) is 0 Å². The number of hydrogen-bond donors (Lipinski definition) is 2. The van der Waals surface area contributed by atoms with Crippen LogP contribution in [-0.2, 0) is 20.0 Å². The molecule has 2 aromatic carbocycles. The van der Waals surface area contributed by atoms with E-state index in [4.69, 9.17) is 11.6 Å². The smallest absolute Gasteiger partial charge is 0.257 e. The normalized spacial score (nSPS) is 12.3. The minimum Gasteiger partial charge on any atom is -0.322 e. The van der Waals surface area contributed by atoms with Gasteiger partial charge in [0.15, 0.2) is 0 Å². The maximum Gasteiger partial charge on any atom is 0.257 e. The van der Waals surface area contributed by atoms with Crippen molar-refractivity contribution in [1.82, 2.24) is 4.31 Å². The first-order valence-corrected chi connectivity index (χ1v) is 13.0. The van der Waals surface area contributed by atoms with Crippen LogP contribution in [0.1, 0.15) is 36.7 Å². The van der Waals surface area contributed by atoms with Crippen molar-refractivity contribution in [2.75, 3.05) is 22.8 Å². The molecule has 170 valence electrons. The van der Waals surface area contributed by atoms with E-state index in [0.717, 1.165) is 0 Å². The second kappa shape index (κ2) is 9.56. The summed E-state index contributed by atoms with van der Waals surface area (Å²) in [6, 6.07) is 8.38. The highest BCUT2D eigenvalue weighted by Gasteiger charge is 2.25. The molecule has 0 aromatic heterocycles. The molecule has 0 atom stereocenters. The minimum atomic E-state index is -3.79. The van der Waals surface area contributed by atoms with E-state index in [2.05, 4.69) is 10.0 Å². The zero-order valence-electron chi connectivity index (χ0n) is 17.9. The molecule has 31 heavy (non-hydrogen) atoms. The van der Waals surface area contributed by atoms with Crippen molar-refractivity contribution in [3.63, 3.8) is 0 Å². The van der Waals surface area contributed by atoms with Gasteiger partial charge in [-0.3, -0.25) is 9.52 Å². The maximum atomic E-state index is 12.8. The average molecular weight is 488 g/mol. The number of anilines is 2. The van der Waals surface area contributed by atoms with Crippen LogP contribution in [0.4, 0.5) is 11.4 Å². The van der Waals surface area contributed by atoms with Crippen molar-refractivity contribution in [2.45, 2.75) is 38.6 Å². The Hall–Kier alpha value is -2.14. The molecule has 2 aromatic rings. The molecule has 8 nitrogen and oxygen atoms in total. The molecule has 0 saturated carbocycles. The molecule has 11 heteroatoms. The molecule has 2 N–H and O–H groups in total. The zero-order chi connectivity index (χ0) is 23.6. The Bertz CT molecular complexity index is 1200. The fourth-order valence-corrected chi connectivity index (χ4v) is 4.88. The standard InChI is InChI=1S/C20H26ClN3O5S2/c1-6-30(26,27)23-19-10-7-15(11-14(19)4)22-20(25)17-12-16(8-9-18(17)21)31(28,29)24(5)13(2)3/h7-13,23H,6H2,1-5H3,(H,22,25). The van der Waals surface area contributed by atoms with Crippen LogP contribution in [-0.4, -0.2) is 45.9 Å². The molecule has 0 aliphatic heterocycles. The van der Waals surface area contributed by atoms with Gasteiger partial charge in [0, 0.05) is 18.8 Å². The van der Waals surface area contributed by atoms with Gasteiger partial charge in [0.2, 0.25) is 20.0 Å². The van der Waals surface area contributed by atoms with Gasteiger partial charge in [0.05, 0.1) is 26.9 Å². The number of amides is 1. The van der Waals surface area contributed by atoms with Crippen LogP contribution in [0.5, 0.6) is 0 Å². The topological polar surface area (TPSA) is 113 Å². The lowest BCUT2D eigenvalue weighted by Crippen LogP contribution is -2.33. The lowest BCUT2D eigenvalue weighted by Gasteiger charge is -2.21. The second-order valence-corrected chi connectivity index (χ2v) is 11.7. The number of aryl methyl sites for hydroxylation is 1. The van der Waals surface area contributed by atoms with Gasteiger partial charge in [-0.15, -0.1) is 0 Å². The van der Waals surface area contributed by atoms with E-state index in [1.807, 2.05) is 0 Å². The summed E-state index contributed by atoms with van der Waals surface area (Å²) in [4.78, 5) is 12.7. The van der Waals surface area contributed by atoms with Crippen molar-refractivity contribution in [3.8, 4) is 0 Å². The molecule has 0 aliphatic carbocycles. The predicted octanol–water partition coefficient (Wildman–Crippen LogP) is 3.69. The molecule has 1 amide bonds. The molecule has 0 radical (unpaired) electrons. The SMILES string of the molecule is CCS(=O)(=O)Nc1ccc(NC(=O)c2cc(S(=O)(=O)N(C)C(C)C)ccc2Cl)cc1C. The number of rotatable bonds is 8. The first-order chi connectivity index (χ1) is 14.3. The third kappa shape index (κ3) is 5.97. The Morgan fingerprint density at radius 2 is 1.74 bits per heavy atom. The van der Waals surface area contributed by atoms with Crippen molar-refractivity contribution in [1.29, 1.82) is 0 Å². The Morgan fingerprint density at radius 1 is 1.10 bits per heavy atom. The summed E-state index contributed by atoms with van der Waals surface area (Å²) in [7, 11) is -5.75. The van der Waals surface area contributed by atoms with E-state index in [1.165, 1.54) is 42.5 Å². The van der Waals surface area contributed by atoms with Gasteiger partial charge in [-0.1, -0.05) is 11.6 Å². The quantitative estimate of drug-likeness (QED) is 0.589. The number of nitrogens with one attached hydrogen (secondary N) is 2. The monoisotopic (exact) mass is 487 g/mol. The molecule has 0 bridgehead atoms. The van der Waals surface area contributed by atoms with Gasteiger partial charge >= 0.3 is 0 Å². The second-order valence-electron chi connectivity index (χ2n) is 7.25. The van der Waals surface area contributed by atoms with Crippen LogP contribution in [0, 0.1) is 6.92 Å². The summed E-state index contributed by atoms with van der Waals surface area (Å²) in [6.45, 7) is 6.72. The summed E-state index contributed by atoms with van der Waals surface area (Å²) in [5.74, 6) is -0.648. The molecular formula is C20H26ClN3O5S2. The molecule has 0 fully saturated rings. The van der Waals surface area contributed by atoms with Gasteiger partial charge in [-0.25, -0.2) is 16.8 Å². The third-order valence-corrected chi connectivity index (χ3v) is 8.37. The van der Waals surface area contributed by atoms with Crippen molar-refractivity contribution < 1.29 is 21.6 Å². The van der Waals surface area contributed by atoms with E-state index in [0.29, 0.717) is 16.9 Å². The Morgan fingerprint density at radius 3 is 2.29 bits per heavy atom. The van der Waals surface area contributed by atoms with E-state index in [-0.39, 0.29) is 27.3 Å². The zero-order valence-corrected chi connectivity index (χ0v) is 20.3. The van der Waals surface area contributed by atoms with E-state index >= 15 is 0 Å². The first kappa shape index (κ1) is 25.1. The average Bonchev–Trinajstić information content (AvgIpc) is 2.69. The molecule has 0 aliphatic rings. The van der Waals surface area contributed by atoms with Crippen LogP contribution in [0.15, 0.2) is 41.3 Å². The van der Waals surface area contributed by atoms with Gasteiger partial charge < -0.3 is 5.32 Å². The van der Waals surface area contributed by atoms with Crippen molar-refractivity contribution in [2.24, 2.45) is 0 Å². The maximum absolute atomic E-state index is 12.8. The number of halogens is 1. The number of nitrogens with zero attached hydrogens (tertiary/aromatic N) is 1. The van der Waals surface area contributed by atoms with E-state index in [9.17, 15) is 21.6 Å². The Balaban J connectivity index is 2.31. The lowest BCUT2D eigenvalue weighted by molar-refractivity contribution is 0.102. The van der Waals surface area contributed by atoms with Gasteiger partial charge in [0.25, 0.3) is 5.91 Å². The Kier molecular flexibility index (Phi) is 7.75. The van der Waals surface area contributed by atoms with E-state index < -0.39 is 26.0 Å². The Labute approximate surface area is 188 Å². The van der Waals surface area contributed by atoms with Gasteiger partial charge in [0.1, 0.15) is 0 Å². The molecule has 0 heterocycles. The van der Waals surface area contributed by atoms with Crippen molar-refractivity contribution in [3.05, 3.63) is 52.5 Å². The van der Waals surface area contributed by atoms with Crippen molar-refractivity contribution >= 4 is 48.9 Å².